The van der Waals surface area contributed by atoms with Crippen LogP contribution in [-0.4, -0.2) is 46.6 Å². The summed E-state index contributed by atoms with van der Waals surface area (Å²) in [5, 5.41) is 8.27. The number of hydrogen-bond donors (Lipinski definition) is 0. The Morgan fingerprint density at radius 2 is 2.03 bits per heavy atom. The molecule has 1 amide bonds. The van der Waals surface area contributed by atoms with Crippen LogP contribution in [0.15, 0.2) is 65.3 Å². The van der Waals surface area contributed by atoms with Gasteiger partial charge in [-0.1, -0.05) is 0 Å². The quantitative estimate of drug-likeness (QED) is 0.0820. The molecule has 0 saturated heterocycles. The number of hydrogen-bond acceptors (Lipinski definition) is 5. The third-order valence-electron chi connectivity index (χ3n) is 5.98. The molecule has 2 aliphatic heterocycles. The fourth-order valence-corrected chi connectivity index (χ4v) is 8.45. The van der Waals surface area contributed by atoms with E-state index in [9.17, 15) is 22.4 Å². The van der Waals surface area contributed by atoms with Crippen LogP contribution in [0.25, 0.3) is 11.4 Å². The predicted octanol–water partition coefficient (Wildman–Crippen LogP) is 6.30. The summed E-state index contributed by atoms with van der Waals surface area (Å²) in [6, 6.07) is 9.36. The first-order valence-electron chi connectivity index (χ1n) is 11.4. The summed E-state index contributed by atoms with van der Waals surface area (Å²) >= 11 is -2.89. The Labute approximate surface area is 222 Å². The second-order valence-electron chi connectivity index (χ2n) is 8.44. The fraction of sp³-hybridized carbons (Fsp3) is 0.240. The van der Waals surface area contributed by atoms with Gasteiger partial charge in [-0.15, -0.1) is 0 Å². The van der Waals surface area contributed by atoms with Crippen LogP contribution in [0, 0.1) is 12.7 Å². The Balaban J connectivity index is 1.44. The van der Waals surface area contributed by atoms with E-state index >= 15 is 0 Å². The van der Waals surface area contributed by atoms with E-state index in [4.69, 9.17) is 4.74 Å². The molecule has 0 saturated carbocycles. The molecule has 3 heterocycles. The second kappa shape index (κ2) is 10.3. The van der Waals surface area contributed by atoms with Crippen molar-refractivity contribution < 1.29 is 31.8 Å². The number of benzene rings is 2. The molecule has 0 radical (unpaired) electrons. The number of carbonyl (C=O) groups excluding carboxylic acids is 1. The van der Waals surface area contributed by atoms with Crippen molar-refractivity contribution >= 4 is 39.3 Å². The van der Waals surface area contributed by atoms with E-state index in [-0.39, 0.29) is 22.1 Å². The summed E-state index contributed by atoms with van der Waals surface area (Å²) in [7, 11) is 1.55. The van der Waals surface area contributed by atoms with Crippen LogP contribution in [0.5, 0.6) is 5.75 Å². The van der Waals surface area contributed by atoms with Gasteiger partial charge >= 0.3 is 223 Å². The van der Waals surface area contributed by atoms with E-state index in [1.165, 1.54) is 22.9 Å². The standard InChI is InChI=1S/C25H22F4IN6O2/c1-16-31-10-11-35(16)22-7-6-17(12-23(22)38-2)20-13-34(33-32-20)15-30-9-8-18-19(26)4-3-5-21(18)36(24(30)37)14-25(27,28)29/h3-7,10-13,15H,8-9,14H2,1-2H3/q+1/b34-15+. The Morgan fingerprint density at radius 1 is 1.21 bits per heavy atom. The van der Waals surface area contributed by atoms with Crippen LogP contribution in [0.4, 0.5) is 28.0 Å². The number of fused-ring (bicyclic) bond motifs is 1. The second-order valence-corrected chi connectivity index (χ2v) is 13.3. The number of rotatable bonds is 5. The molecule has 38 heavy (non-hydrogen) atoms. The summed E-state index contributed by atoms with van der Waals surface area (Å²) in [6.07, 6.45) is 0.642. The van der Waals surface area contributed by atoms with Gasteiger partial charge in [0.25, 0.3) is 0 Å². The molecule has 0 fully saturated rings. The van der Waals surface area contributed by atoms with Crippen molar-refractivity contribution in [3.8, 4) is 11.4 Å². The predicted molar refractivity (Wildman–Crippen MR) is 142 cm³/mol. The van der Waals surface area contributed by atoms with Gasteiger partial charge < -0.3 is 0 Å². The van der Waals surface area contributed by atoms with E-state index < -0.39 is 42.3 Å². The number of amides is 1. The maximum atomic E-state index is 14.5. The first-order valence-corrected chi connectivity index (χ1v) is 15.2. The van der Waals surface area contributed by atoms with Gasteiger partial charge in [-0.2, -0.15) is 0 Å². The van der Waals surface area contributed by atoms with Gasteiger partial charge in [0.05, 0.1) is 0 Å². The number of carbonyl (C=O) groups is 1. The van der Waals surface area contributed by atoms with Crippen LogP contribution >= 0.6 is 19.8 Å². The number of aryl methyl sites for hydroxylation is 1. The van der Waals surface area contributed by atoms with Crippen LogP contribution in [0.3, 0.4) is 0 Å². The minimum absolute atomic E-state index is 0.0277. The van der Waals surface area contributed by atoms with E-state index in [2.05, 4.69) is 15.3 Å². The van der Waals surface area contributed by atoms with E-state index in [1.54, 1.807) is 29.8 Å². The number of anilines is 1. The van der Waals surface area contributed by atoms with Crippen molar-refractivity contribution in [2.75, 3.05) is 23.0 Å². The third kappa shape index (κ3) is 5.19. The Morgan fingerprint density at radius 3 is 2.74 bits per heavy atom. The van der Waals surface area contributed by atoms with Crippen molar-refractivity contribution in [2.45, 2.75) is 19.5 Å². The minimum atomic E-state index is -4.63. The van der Waals surface area contributed by atoms with Crippen LogP contribution in [-0.2, 0) is 6.42 Å². The summed E-state index contributed by atoms with van der Waals surface area (Å²) in [5.41, 5.74) is 2.08. The fourth-order valence-electron chi connectivity index (χ4n) is 4.21. The number of halogens is 5. The Bertz CT molecular complexity index is 1500. The molecular weight excluding hydrogens is 619 g/mol. The molecule has 3 aromatic rings. The third-order valence-corrected chi connectivity index (χ3v) is 10.7. The zero-order valence-electron chi connectivity index (χ0n) is 20.3. The number of nitrogens with zero attached hydrogens (tertiary/aromatic N) is 6. The molecule has 0 unspecified atom stereocenters. The van der Waals surface area contributed by atoms with Gasteiger partial charge in [0, 0.05) is 0 Å². The molecule has 13 heteroatoms. The first kappa shape index (κ1) is 26.0. The molecule has 0 spiro atoms. The molecular formula is C25H22F4IN6O2+. The van der Waals surface area contributed by atoms with E-state index in [0.29, 0.717) is 21.9 Å². The van der Waals surface area contributed by atoms with Crippen LogP contribution in [0.1, 0.15) is 17.0 Å². The molecule has 2 aliphatic rings. The number of aromatic nitrogens is 2. The van der Waals surface area contributed by atoms with Crippen LogP contribution in [0.2, 0.25) is 0 Å². The Hall–Kier alpha value is -3.62. The monoisotopic (exact) mass is 641 g/mol. The zero-order valence-corrected chi connectivity index (χ0v) is 22.4. The van der Waals surface area contributed by atoms with E-state index in [0.717, 1.165) is 11.5 Å². The topological polar surface area (TPSA) is 75.1 Å². The summed E-state index contributed by atoms with van der Waals surface area (Å²) in [5.74, 6) is 0.752. The maximum absolute atomic E-state index is 14.5. The Kier molecular flexibility index (Phi) is 7.03. The molecule has 1 aromatic heterocycles. The average Bonchev–Trinajstić information content (AvgIpc) is 3.50. The van der Waals surface area contributed by atoms with E-state index in [1.807, 2.05) is 29.8 Å². The SMILES string of the molecule is COc1cc(C2=C/[N+](=C\I3CCc4c(F)cccc4N(CC(F)(F)F)C3=O)N=N2)ccc1-n1ccnc1C. The summed E-state index contributed by atoms with van der Waals surface area (Å²) < 4.78 is 64.6. The first-order chi connectivity index (χ1) is 18.1. The summed E-state index contributed by atoms with van der Waals surface area (Å²) in [6.45, 7) is 0.395. The van der Waals surface area contributed by atoms with Crippen LogP contribution < -0.4 is 9.64 Å². The van der Waals surface area contributed by atoms with Gasteiger partial charge in [-0.05, 0) is 0 Å². The molecule has 5 rings (SSSR count). The molecule has 0 aliphatic carbocycles. The molecule has 0 bridgehead atoms. The molecule has 198 valence electrons. The number of methoxy groups -OCH3 is 1. The average molecular weight is 641 g/mol. The molecule has 8 nitrogen and oxygen atoms in total. The van der Waals surface area contributed by atoms with Gasteiger partial charge in [0.2, 0.25) is 0 Å². The number of alkyl halides is 4. The van der Waals surface area contributed by atoms with Gasteiger partial charge in [0.1, 0.15) is 0 Å². The molecule has 2 aromatic carbocycles. The van der Waals surface area contributed by atoms with Crippen molar-refractivity contribution in [3.63, 3.8) is 0 Å². The molecule has 0 atom stereocenters. The summed E-state index contributed by atoms with van der Waals surface area (Å²) in [4.78, 5) is 18.2. The van der Waals surface area contributed by atoms with Gasteiger partial charge in [-0.3, -0.25) is 0 Å². The van der Waals surface area contributed by atoms with Crippen molar-refractivity contribution in [1.82, 2.24) is 9.55 Å². The number of ether oxygens (including phenoxy) is 1. The van der Waals surface area contributed by atoms with Crippen molar-refractivity contribution in [1.29, 1.82) is 0 Å². The van der Waals surface area contributed by atoms with Gasteiger partial charge in [-0.25, -0.2) is 0 Å². The van der Waals surface area contributed by atoms with Gasteiger partial charge in [0.15, 0.2) is 0 Å². The zero-order chi connectivity index (χ0) is 27.0. The molecule has 0 N–H and O–H groups in total. The van der Waals surface area contributed by atoms with Crippen molar-refractivity contribution in [2.24, 2.45) is 10.3 Å². The normalized spacial score (nSPS) is 17.6. The van der Waals surface area contributed by atoms with Crippen molar-refractivity contribution in [3.05, 3.63) is 77.8 Å². The number of imidazole rings is 1.